The topological polar surface area (TPSA) is 26.0 Å². The van der Waals surface area contributed by atoms with Crippen molar-refractivity contribution in [2.24, 2.45) is 23.5 Å². The summed E-state index contributed by atoms with van der Waals surface area (Å²) in [5, 5.41) is 0. The van der Waals surface area contributed by atoms with Crippen LogP contribution in [0.3, 0.4) is 0 Å². The third-order valence-corrected chi connectivity index (χ3v) is 4.63. The van der Waals surface area contributed by atoms with Gasteiger partial charge in [0.15, 0.2) is 0 Å². The van der Waals surface area contributed by atoms with Crippen LogP contribution in [0.25, 0.3) is 0 Å². The third kappa shape index (κ3) is 5.90. The minimum Gasteiger partial charge on any atom is -0.330 e. The van der Waals surface area contributed by atoms with E-state index in [4.69, 9.17) is 5.73 Å². The van der Waals surface area contributed by atoms with Crippen molar-refractivity contribution >= 4 is 0 Å². The molecule has 0 heterocycles. The van der Waals surface area contributed by atoms with E-state index in [1.54, 1.807) is 0 Å². The van der Waals surface area contributed by atoms with Gasteiger partial charge in [-0.15, -0.1) is 0 Å². The molecule has 1 heteroatoms. The first-order chi connectivity index (χ1) is 8.27. The van der Waals surface area contributed by atoms with Crippen LogP contribution in [-0.2, 0) is 0 Å². The minimum absolute atomic E-state index is 0.835. The Morgan fingerprint density at radius 3 is 2.35 bits per heavy atom. The normalized spacial score (nSPS) is 29.5. The van der Waals surface area contributed by atoms with Gasteiger partial charge < -0.3 is 5.73 Å². The molecular weight excluding hydrogens is 206 g/mol. The fourth-order valence-electron chi connectivity index (χ4n) is 3.41. The van der Waals surface area contributed by atoms with Gasteiger partial charge in [-0.2, -0.15) is 0 Å². The molecule has 3 atom stereocenters. The molecule has 0 spiro atoms. The zero-order valence-electron chi connectivity index (χ0n) is 12.1. The SMILES string of the molecule is CCCCCCCCC1CC(C)CCC1CN. The molecule has 17 heavy (non-hydrogen) atoms. The summed E-state index contributed by atoms with van der Waals surface area (Å²) in [5.74, 6) is 2.72. The lowest BCUT2D eigenvalue weighted by atomic mass is 9.72. The molecule has 1 saturated carbocycles. The molecule has 0 saturated heterocycles. The molecule has 1 aliphatic rings. The van der Waals surface area contributed by atoms with Gasteiger partial charge in [-0.25, -0.2) is 0 Å². The van der Waals surface area contributed by atoms with Crippen LogP contribution < -0.4 is 5.73 Å². The molecular formula is C16H33N. The number of unbranched alkanes of at least 4 members (excludes halogenated alkanes) is 5. The van der Waals surface area contributed by atoms with E-state index >= 15 is 0 Å². The highest BCUT2D eigenvalue weighted by Gasteiger charge is 2.26. The van der Waals surface area contributed by atoms with Crippen molar-refractivity contribution in [3.8, 4) is 0 Å². The second-order valence-corrected chi connectivity index (χ2v) is 6.23. The summed E-state index contributed by atoms with van der Waals surface area (Å²) in [6, 6.07) is 0. The summed E-state index contributed by atoms with van der Waals surface area (Å²) < 4.78 is 0. The Bertz CT molecular complexity index is 178. The van der Waals surface area contributed by atoms with Crippen molar-refractivity contribution in [2.45, 2.75) is 78.1 Å². The predicted octanol–water partition coefficient (Wildman–Crippen LogP) is 4.75. The Kier molecular flexibility index (Phi) is 7.92. The Morgan fingerprint density at radius 1 is 0.941 bits per heavy atom. The Balaban J connectivity index is 2.10. The second kappa shape index (κ2) is 8.97. The Hall–Kier alpha value is -0.0400. The van der Waals surface area contributed by atoms with Gasteiger partial charge in [0.25, 0.3) is 0 Å². The van der Waals surface area contributed by atoms with Crippen LogP contribution in [-0.4, -0.2) is 6.54 Å². The molecule has 0 amide bonds. The quantitative estimate of drug-likeness (QED) is 0.608. The van der Waals surface area contributed by atoms with Gasteiger partial charge in [0.1, 0.15) is 0 Å². The lowest BCUT2D eigenvalue weighted by molar-refractivity contribution is 0.180. The molecule has 3 unspecified atom stereocenters. The molecule has 0 aromatic heterocycles. The predicted molar refractivity (Wildman–Crippen MR) is 77.0 cm³/mol. The summed E-state index contributed by atoms with van der Waals surface area (Å²) in [5.41, 5.74) is 5.91. The van der Waals surface area contributed by atoms with Crippen molar-refractivity contribution in [2.75, 3.05) is 6.54 Å². The largest absolute Gasteiger partial charge is 0.330 e. The van der Waals surface area contributed by atoms with E-state index in [2.05, 4.69) is 13.8 Å². The zero-order valence-corrected chi connectivity index (χ0v) is 12.1. The highest BCUT2D eigenvalue weighted by molar-refractivity contribution is 4.79. The van der Waals surface area contributed by atoms with Crippen molar-refractivity contribution in [3.63, 3.8) is 0 Å². The second-order valence-electron chi connectivity index (χ2n) is 6.23. The van der Waals surface area contributed by atoms with Gasteiger partial charge in [0.2, 0.25) is 0 Å². The average Bonchev–Trinajstić information content (AvgIpc) is 2.34. The maximum Gasteiger partial charge on any atom is -0.00462 e. The first-order valence-electron chi connectivity index (χ1n) is 7.98. The van der Waals surface area contributed by atoms with E-state index in [9.17, 15) is 0 Å². The van der Waals surface area contributed by atoms with E-state index in [-0.39, 0.29) is 0 Å². The molecule has 1 nitrogen and oxygen atoms in total. The van der Waals surface area contributed by atoms with E-state index in [1.807, 2.05) is 0 Å². The number of hydrogen-bond donors (Lipinski definition) is 1. The van der Waals surface area contributed by atoms with E-state index in [0.717, 1.165) is 24.3 Å². The van der Waals surface area contributed by atoms with Crippen LogP contribution in [0.1, 0.15) is 78.1 Å². The summed E-state index contributed by atoms with van der Waals surface area (Å²) in [7, 11) is 0. The lowest BCUT2D eigenvalue weighted by Gasteiger charge is -2.34. The Labute approximate surface area is 109 Å². The Morgan fingerprint density at radius 2 is 1.65 bits per heavy atom. The molecule has 0 aromatic carbocycles. The highest BCUT2D eigenvalue weighted by Crippen LogP contribution is 2.36. The number of nitrogens with two attached hydrogens (primary N) is 1. The van der Waals surface area contributed by atoms with Crippen LogP contribution in [0.2, 0.25) is 0 Å². The molecule has 0 bridgehead atoms. The molecule has 0 aliphatic heterocycles. The van der Waals surface area contributed by atoms with Crippen molar-refractivity contribution in [1.29, 1.82) is 0 Å². The van der Waals surface area contributed by atoms with Gasteiger partial charge in [-0.05, 0) is 37.1 Å². The van der Waals surface area contributed by atoms with Crippen LogP contribution in [0.15, 0.2) is 0 Å². The average molecular weight is 239 g/mol. The van der Waals surface area contributed by atoms with Crippen LogP contribution in [0.5, 0.6) is 0 Å². The summed E-state index contributed by atoms with van der Waals surface area (Å²) in [6.45, 7) is 5.63. The van der Waals surface area contributed by atoms with Crippen LogP contribution in [0.4, 0.5) is 0 Å². The maximum atomic E-state index is 5.91. The van der Waals surface area contributed by atoms with Crippen LogP contribution >= 0.6 is 0 Å². The van der Waals surface area contributed by atoms with Crippen molar-refractivity contribution in [1.82, 2.24) is 0 Å². The molecule has 1 aliphatic carbocycles. The molecule has 2 N–H and O–H groups in total. The molecule has 1 rings (SSSR count). The van der Waals surface area contributed by atoms with Gasteiger partial charge in [-0.1, -0.05) is 65.2 Å². The lowest BCUT2D eigenvalue weighted by Crippen LogP contribution is -2.29. The van der Waals surface area contributed by atoms with E-state index in [1.165, 1.54) is 64.2 Å². The highest BCUT2D eigenvalue weighted by atomic mass is 14.6. The third-order valence-electron chi connectivity index (χ3n) is 4.63. The number of hydrogen-bond acceptors (Lipinski definition) is 1. The van der Waals surface area contributed by atoms with Crippen molar-refractivity contribution < 1.29 is 0 Å². The fraction of sp³-hybridized carbons (Fsp3) is 1.00. The number of rotatable bonds is 8. The zero-order chi connectivity index (χ0) is 12.5. The fourth-order valence-corrected chi connectivity index (χ4v) is 3.41. The molecule has 102 valence electrons. The minimum atomic E-state index is 0.835. The first-order valence-corrected chi connectivity index (χ1v) is 7.98. The summed E-state index contributed by atoms with van der Waals surface area (Å²) >= 11 is 0. The van der Waals surface area contributed by atoms with Gasteiger partial charge in [0, 0.05) is 0 Å². The monoisotopic (exact) mass is 239 g/mol. The first kappa shape index (κ1) is 15.0. The van der Waals surface area contributed by atoms with E-state index in [0.29, 0.717) is 0 Å². The summed E-state index contributed by atoms with van der Waals surface area (Å²) in [6.07, 6.45) is 14.2. The maximum absolute atomic E-state index is 5.91. The molecule has 1 fully saturated rings. The van der Waals surface area contributed by atoms with Crippen LogP contribution in [0, 0.1) is 17.8 Å². The van der Waals surface area contributed by atoms with Crippen molar-refractivity contribution in [3.05, 3.63) is 0 Å². The van der Waals surface area contributed by atoms with Gasteiger partial charge in [-0.3, -0.25) is 0 Å². The molecule has 0 aromatic rings. The smallest absolute Gasteiger partial charge is 0.00462 e. The van der Waals surface area contributed by atoms with Gasteiger partial charge >= 0.3 is 0 Å². The standard InChI is InChI=1S/C16H33N/c1-3-4-5-6-7-8-9-15-12-14(2)10-11-16(15)13-17/h14-16H,3-13,17H2,1-2H3. The van der Waals surface area contributed by atoms with Gasteiger partial charge in [0.05, 0.1) is 0 Å². The molecule has 0 radical (unpaired) electrons. The summed E-state index contributed by atoms with van der Waals surface area (Å²) in [4.78, 5) is 0. The van der Waals surface area contributed by atoms with E-state index < -0.39 is 0 Å².